The standard InChI is InChI=1S/C24H28BrN5OS/c1-2-3-10-21-29-22-23(17-8-4-5-9-18(17)28-24(22)26)30(21)14-7-6-13-27-32-20-15-16(25)11-12-19(20)31/h4-5,8-9,11-12,15,27,31H,2-3,6-7,10,13-14H2,1H3,(H2,26,28). The maximum atomic E-state index is 9.97. The van der Waals surface area contributed by atoms with Crippen LogP contribution in [0.15, 0.2) is 51.8 Å². The van der Waals surface area contributed by atoms with Gasteiger partial charge in [-0.05, 0) is 55.5 Å². The number of benzene rings is 2. The summed E-state index contributed by atoms with van der Waals surface area (Å²) in [4.78, 5) is 10.3. The summed E-state index contributed by atoms with van der Waals surface area (Å²) in [6.45, 7) is 3.93. The lowest BCUT2D eigenvalue weighted by Gasteiger charge is -2.11. The number of hydrogen-bond acceptors (Lipinski definition) is 6. The Morgan fingerprint density at radius 3 is 2.81 bits per heavy atom. The van der Waals surface area contributed by atoms with Crippen LogP contribution in [0.3, 0.4) is 0 Å². The summed E-state index contributed by atoms with van der Waals surface area (Å²) >= 11 is 4.90. The molecule has 8 heteroatoms. The zero-order valence-electron chi connectivity index (χ0n) is 18.1. The molecule has 0 aliphatic carbocycles. The molecule has 0 fully saturated rings. The molecule has 168 valence electrons. The lowest BCUT2D eigenvalue weighted by atomic mass is 10.2. The van der Waals surface area contributed by atoms with Gasteiger partial charge in [0.25, 0.3) is 0 Å². The molecule has 2 aromatic heterocycles. The molecule has 0 aliphatic heterocycles. The van der Waals surface area contributed by atoms with Gasteiger partial charge >= 0.3 is 0 Å². The predicted molar refractivity (Wildman–Crippen MR) is 137 cm³/mol. The molecule has 0 atom stereocenters. The van der Waals surface area contributed by atoms with E-state index in [4.69, 9.17) is 10.7 Å². The summed E-state index contributed by atoms with van der Waals surface area (Å²) in [5.74, 6) is 1.88. The Kier molecular flexibility index (Phi) is 7.55. The molecule has 0 unspecified atom stereocenters. The van der Waals surface area contributed by atoms with Gasteiger partial charge in [-0.3, -0.25) is 4.72 Å². The van der Waals surface area contributed by atoms with Gasteiger partial charge in [0.2, 0.25) is 0 Å². The maximum absolute atomic E-state index is 9.97. The fourth-order valence-corrected chi connectivity index (χ4v) is 5.11. The Morgan fingerprint density at radius 2 is 1.97 bits per heavy atom. The highest BCUT2D eigenvalue weighted by atomic mass is 79.9. The lowest BCUT2D eigenvalue weighted by molar-refractivity contribution is 0.462. The number of unbranched alkanes of at least 4 members (excludes halogenated alkanes) is 2. The number of anilines is 1. The van der Waals surface area contributed by atoms with E-state index in [1.54, 1.807) is 6.07 Å². The largest absolute Gasteiger partial charge is 0.507 e. The highest BCUT2D eigenvalue weighted by molar-refractivity contribution is 9.10. The topological polar surface area (TPSA) is 89.0 Å². The number of nitrogens with zero attached hydrogens (tertiary/aromatic N) is 3. The molecule has 0 aliphatic rings. The third kappa shape index (κ3) is 5.03. The number of aromatic hydroxyl groups is 1. The van der Waals surface area contributed by atoms with E-state index < -0.39 is 0 Å². The molecule has 0 spiro atoms. The SMILES string of the molecule is CCCCc1nc2c(N)nc3ccccc3c2n1CCCCNSc1cc(Br)ccc1O. The highest BCUT2D eigenvalue weighted by Gasteiger charge is 2.16. The zero-order valence-corrected chi connectivity index (χ0v) is 20.5. The third-order valence-corrected chi connectivity index (χ3v) is 6.85. The van der Waals surface area contributed by atoms with Crippen molar-refractivity contribution in [1.82, 2.24) is 19.3 Å². The fourth-order valence-electron chi connectivity index (χ4n) is 3.84. The van der Waals surface area contributed by atoms with Crippen molar-refractivity contribution in [3.05, 3.63) is 52.8 Å². The first-order valence-corrected chi connectivity index (χ1v) is 12.6. The van der Waals surface area contributed by atoms with Crippen LogP contribution in [0.5, 0.6) is 5.75 Å². The molecule has 0 saturated carbocycles. The first-order chi connectivity index (χ1) is 15.6. The normalized spacial score (nSPS) is 11.6. The van der Waals surface area contributed by atoms with Crippen LogP contribution in [-0.2, 0) is 13.0 Å². The van der Waals surface area contributed by atoms with Crippen LogP contribution in [-0.4, -0.2) is 26.2 Å². The minimum atomic E-state index is 0.286. The van der Waals surface area contributed by atoms with Crippen LogP contribution in [0.4, 0.5) is 5.82 Å². The van der Waals surface area contributed by atoms with Gasteiger partial charge in [0.15, 0.2) is 5.82 Å². The molecule has 0 saturated heterocycles. The van der Waals surface area contributed by atoms with Gasteiger partial charge in [0.05, 0.1) is 15.9 Å². The first kappa shape index (κ1) is 22.9. The fraction of sp³-hybridized carbons (Fsp3) is 0.333. The monoisotopic (exact) mass is 513 g/mol. The summed E-state index contributed by atoms with van der Waals surface area (Å²) in [6.07, 6.45) is 5.19. The molecule has 0 amide bonds. The molecule has 2 aromatic carbocycles. The van der Waals surface area contributed by atoms with Gasteiger partial charge in [0.1, 0.15) is 17.1 Å². The van der Waals surface area contributed by atoms with E-state index in [0.29, 0.717) is 5.82 Å². The van der Waals surface area contributed by atoms with Crippen molar-refractivity contribution in [3.8, 4) is 5.75 Å². The Hall–Kier alpha value is -2.29. The van der Waals surface area contributed by atoms with Gasteiger partial charge in [-0.2, -0.15) is 0 Å². The Balaban J connectivity index is 1.47. The Labute approximate surface area is 200 Å². The molecule has 4 N–H and O–H groups in total. The summed E-state index contributed by atoms with van der Waals surface area (Å²) in [5, 5.41) is 11.1. The number of nitrogen functional groups attached to an aromatic ring is 1. The number of pyridine rings is 1. The van der Waals surface area contributed by atoms with Crippen LogP contribution in [0.25, 0.3) is 21.9 Å². The minimum Gasteiger partial charge on any atom is -0.507 e. The van der Waals surface area contributed by atoms with Gasteiger partial charge in [-0.1, -0.05) is 47.5 Å². The first-order valence-electron chi connectivity index (χ1n) is 11.0. The van der Waals surface area contributed by atoms with E-state index in [0.717, 1.165) is 82.3 Å². The summed E-state index contributed by atoms with van der Waals surface area (Å²) in [7, 11) is 0. The summed E-state index contributed by atoms with van der Waals surface area (Å²) in [5.41, 5.74) is 9.10. The average Bonchev–Trinajstić information content (AvgIpc) is 3.16. The quantitative estimate of drug-likeness (QED) is 0.176. The average molecular weight is 514 g/mol. The van der Waals surface area contributed by atoms with Gasteiger partial charge in [0, 0.05) is 29.4 Å². The molecular weight excluding hydrogens is 486 g/mol. The number of nitrogens with two attached hydrogens (primary N) is 1. The van der Waals surface area contributed by atoms with Crippen molar-refractivity contribution < 1.29 is 5.11 Å². The zero-order chi connectivity index (χ0) is 22.5. The molecule has 0 bridgehead atoms. The van der Waals surface area contributed by atoms with E-state index in [9.17, 15) is 5.11 Å². The number of halogens is 1. The molecule has 4 rings (SSSR count). The second kappa shape index (κ2) is 10.6. The van der Waals surface area contributed by atoms with Crippen molar-refractivity contribution in [1.29, 1.82) is 0 Å². The van der Waals surface area contributed by atoms with E-state index in [-0.39, 0.29) is 5.75 Å². The van der Waals surface area contributed by atoms with Gasteiger partial charge < -0.3 is 15.4 Å². The minimum absolute atomic E-state index is 0.286. The van der Waals surface area contributed by atoms with Crippen molar-refractivity contribution in [3.63, 3.8) is 0 Å². The Bertz CT molecular complexity index is 1230. The highest BCUT2D eigenvalue weighted by Crippen LogP contribution is 2.30. The Morgan fingerprint density at radius 1 is 1.12 bits per heavy atom. The molecule has 4 aromatic rings. The number of aromatic nitrogens is 3. The van der Waals surface area contributed by atoms with Crippen molar-refractivity contribution in [2.45, 2.75) is 50.5 Å². The molecule has 32 heavy (non-hydrogen) atoms. The predicted octanol–water partition coefficient (Wildman–Crippen LogP) is 6.05. The summed E-state index contributed by atoms with van der Waals surface area (Å²) in [6, 6.07) is 13.6. The summed E-state index contributed by atoms with van der Waals surface area (Å²) < 4.78 is 6.65. The number of fused-ring (bicyclic) bond motifs is 3. The molecule has 0 radical (unpaired) electrons. The molecule has 6 nitrogen and oxygen atoms in total. The maximum Gasteiger partial charge on any atom is 0.152 e. The van der Waals surface area contributed by atoms with Crippen molar-refractivity contribution in [2.24, 2.45) is 0 Å². The number of imidazole rings is 1. The second-order valence-electron chi connectivity index (χ2n) is 7.81. The van der Waals surface area contributed by atoms with Crippen LogP contribution >= 0.6 is 27.9 Å². The number of hydrogen-bond donors (Lipinski definition) is 3. The van der Waals surface area contributed by atoms with Gasteiger partial charge in [-0.15, -0.1) is 0 Å². The second-order valence-corrected chi connectivity index (χ2v) is 9.66. The molecule has 2 heterocycles. The van der Waals surface area contributed by atoms with Crippen LogP contribution < -0.4 is 10.5 Å². The smallest absolute Gasteiger partial charge is 0.152 e. The number of nitrogens with one attached hydrogen (secondary N) is 1. The number of aryl methyl sites for hydroxylation is 2. The number of phenolic OH excluding ortho intramolecular Hbond substituents is 1. The van der Waals surface area contributed by atoms with E-state index in [2.05, 4.69) is 43.2 Å². The lowest BCUT2D eigenvalue weighted by Crippen LogP contribution is -2.09. The molecular formula is C24H28BrN5OS. The van der Waals surface area contributed by atoms with Crippen LogP contribution in [0, 0.1) is 0 Å². The van der Waals surface area contributed by atoms with Crippen LogP contribution in [0.1, 0.15) is 38.4 Å². The third-order valence-electron chi connectivity index (χ3n) is 5.46. The van der Waals surface area contributed by atoms with Crippen molar-refractivity contribution in [2.75, 3.05) is 12.3 Å². The van der Waals surface area contributed by atoms with E-state index in [1.807, 2.05) is 30.3 Å². The van der Waals surface area contributed by atoms with Gasteiger partial charge in [-0.25, -0.2) is 9.97 Å². The van der Waals surface area contributed by atoms with E-state index >= 15 is 0 Å². The van der Waals surface area contributed by atoms with E-state index in [1.165, 1.54) is 11.9 Å². The number of phenols is 1. The van der Waals surface area contributed by atoms with Crippen LogP contribution in [0.2, 0.25) is 0 Å². The van der Waals surface area contributed by atoms with Crippen molar-refractivity contribution >= 4 is 55.6 Å². The number of rotatable bonds is 10. The number of para-hydroxylation sites is 1.